The summed E-state index contributed by atoms with van der Waals surface area (Å²) < 4.78 is 23.4. The van der Waals surface area contributed by atoms with E-state index in [9.17, 15) is 4.39 Å². The quantitative estimate of drug-likeness (QED) is 0.706. The first-order valence-corrected chi connectivity index (χ1v) is 6.63. The minimum Gasteiger partial charge on any atom is -0.489 e. The number of ether oxygens (including phenoxy) is 1. The molecular weight excluding hydrogens is 273 g/mol. The van der Waals surface area contributed by atoms with Crippen LogP contribution >= 0.6 is 0 Å². The van der Waals surface area contributed by atoms with Crippen molar-refractivity contribution in [3.8, 4) is 5.75 Å². The molecule has 108 valence electrons. The van der Waals surface area contributed by atoms with Crippen molar-refractivity contribution in [2.45, 2.75) is 6.54 Å². The molecule has 3 rings (SSSR count). The van der Waals surface area contributed by atoms with Crippen LogP contribution in [0.15, 0.2) is 47.1 Å². The topological polar surface area (TPSA) is 60.2 Å². The molecule has 1 N–H and O–H groups in total. The van der Waals surface area contributed by atoms with Crippen molar-refractivity contribution in [1.29, 1.82) is 0 Å². The fourth-order valence-electron chi connectivity index (χ4n) is 2.02. The van der Waals surface area contributed by atoms with E-state index < -0.39 is 0 Å². The highest BCUT2D eigenvalue weighted by atomic mass is 19.1. The Morgan fingerprint density at radius 3 is 2.90 bits per heavy atom. The van der Waals surface area contributed by atoms with Crippen LogP contribution in [0.3, 0.4) is 0 Å². The second kappa shape index (κ2) is 6.32. The zero-order valence-corrected chi connectivity index (χ0v) is 11.3. The van der Waals surface area contributed by atoms with Crippen molar-refractivity contribution in [1.82, 2.24) is 15.6 Å². The molecule has 3 aromatic rings. The number of hydrogen-bond acceptors (Lipinski definition) is 5. The van der Waals surface area contributed by atoms with Crippen LogP contribution < -0.4 is 10.1 Å². The number of nitrogens with zero attached hydrogens (tertiary/aromatic N) is 2. The number of hydrogen-bond donors (Lipinski definition) is 1. The van der Waals surface area contributed by atoms with E-state index >= 15 is 0 Å². The maximum Gasteiger partial charge on any atom is 0.165 e. The van der Waals surface area contributed by atoms with Gasteiger partial charge in [0.1, 0.15) is 17.6 Å². The SMILES string of the molecule is Fc1ccccc1OCCNCc1cccc2nonc12. The highest BCUT2D eigenvalue weighted by Gasteiger charge is 2.05. The van der Waals surface area contributed by atoms with Gasteiger partial charge in [0.05, 0.1) is 0 Å². The van der Waals surface area contributed by atoms with Crippen molar-refractivity contribution < 1.29 is 13.8 Å². The molecule has 5 nitrogen and oxygen atoms in total. The lowest BCUT2D eigenvalue weighted by Gasteiger charge is -2.08. The molecule has 0 unspecified atom stereocenters. The number of halogens is 1. The summed E-state index contributed by atoms with van der Waals surface area (Å²) in [7, 11) is 0. The normalized spacial score (nSPS) is 10.9. The number of aromatic nitrogens is 2. The lowest BCUT2D eigenvalue weighted by atomic mass is 10.2. The van der Waals surface area contributed by atoms with E-state index in [4.69, 9.17) is 9.37 Å². The second-order valence-electron chi connectivity index (χ2n) is 4.50. The number of para-hydroxylation sites is 1. The Kier molecular flexibility index (Phi) is 4.07. The zero-order valence-electron chi connectivity index (χ0n) is 11.3. The number of nitrogens with one attached hydrogen (secondary N) is 1. The molecule has 0 amide bonds. The van der Waals surface area contributed by atoms with Gasteiger partial charge in [0, 0.05) is 13.1 Å². The average molecular weight is 287 g/mol. The Balaban J connectivity index is 1.49. The number of fused-ring (bicyclic) bond motifs is 1. The van der Waals surface area contributed by atoms with Crippen molar-refractivity contribution in [3.63, 3.8) is 0 Å². The molecule has 0 fully saturated rings. The van der Waals surface area contributed by atoms with Gasteiger partial charge in [-0.15, -0.1) is 0 Å². The molecule has 0 spiro atoms. The lowest BCUT2D eigenvalue weighted by molar-refractivity contribution is 0.298. The van der Waals surface area contributed by atoms with E-state index in [2.05, 4.69) is 15.6 Å². The van der Waals surface area contributed by atoms with Gasteiger partial charge in [-0.1, -0.05) is 24.3 Å². The van der Waals surface area contributed by atoms with Crippen molar-refractivity contribution in [2.75, 3.05) is 13.2 Å². The van der Waals surface area contributed by atoms with E-state index in [0.717, 1.165) is 16.6 Å². The summed E-state index contributed by atoms with van der Waals surface area (Å²) in [5.41, 5.74) is 2.48. The highest BCUT2D eigenvalue weighted by Crippen LogP contribution is 2.15. The first-order chi connectivity index (χ1) is 10.3. The molecule has 1 heterocycles. The molecule has 0 saturated carbocycles. The molecule has 0 aliphatic rings. The minimum atomic E-state index is -0.351. The van der Waals surface area contributed by atoms with Gasteiger partial charge in [0.2, 0.25) is 0 Å². The second-order valence-corrected chi connectivity index (χ2v) is 4.50. The zero-order chi connectivity index (χ0) is 14.5. The van der Waals surface area contributed by atoms with Gasteiger partial charge in [-0.3, -0.25) is 0 Å². The predicted molar refractivity (Wildman–Crippen MR) is 75.4 cm³/mol. The maximum absolute atomic E-state index is 13.3. The molecular formula is C15H14FN3O2. The number of benzene rings is 2. The van der Waals surface area contributed by atoms with Crippen LogP contribution in [-0.4, -0.2) is 23.5 Å². The lowest BCUT2D eigenvalue weighted by Crippen LogP contribution is -2.21. The van der Waals surface area contributed by atoms with Crippen molar-refractivity contribution >= 4 is 11.0 Å². The molecule has 0 radical (unpaired) electrons. The largest absolute Gasteiger partial charge is 0.489 e. The fraction of sp³-hybridized carbons (Fsp3) is 0.200. The Morgan fingerprint density at radius 1 is 1.10 bits per heavy atom. The van der Waals surface area contributed by atoms with Crippen LogP contribution in [0.4, 0.5) is 4.39 Å². The summed E-state index contributed by atoms with van der Waals surface area (Å²) in [6, 6.07) is 12.1. The Bertz CT molecular complexity index is 730. The minimum absolute atomic E-state index is 0.266. The van der Waals surface area contributed by atoms with Gasteiger partial charge >= 0.3 is 0 Å². The molecule has 0 saturated heterocycles. The van der Waals surface area contributed by atoms with Crippen LogP contribution in [0.1, 0.15) is 5.56 Å². The molecule has 0 aliphatic carbocycles. The van der Waals surface area contributed by atoms with Crippen LogP contribution in [0, 0.1) is 5.82 Å². The number of rotatable bonds is 6. The highest BCUT2D eigenvalue weighted by molar-refractivity contribution is 5.76. The Hall–Kier alpha value is -2.47. The Morgan fingerprint density at radius 2 is 2.00 bits per heavy atom. The van der Waals surface area contributed by atoms with Gasteiger partial charge in [-0.05, 0) is 34.1 Å². The van der Waals surface area contributed by atoms with E-state index in [1.165, 1.54) is 6.07 Å². The molecule has 6 heteroatoms. The van der Waals surface area contributed by atoms with Gasteiger partial charge in [-0.2, -0.15) is 0 Å². The first kappa shape index (κ1) is 13.5. The van der Waals surface area contributed by atoms with Crippen molar-refractivity contribution in [2.24, 2.45) is 0 Å². The van der Waals surface area contributed by atoms with Crippen LogP contribution in [0.25, 0.3) is 11.0 Å². The van der Waals surface area contributed by atoms with Crippen LogP contribution in [0.2, 0.25) is 0 Å². The fourth-order valence-corrected chi connectivity index (χ4v) is 2.02. The predicted octanol–water partition coefficient (Wildman–Crippen LogP) is 2.53. The standard InChI is InChI=1S/C15H14FN3O2/c16-12-5-1-2-7-14(12)20-9-8-17-10-11-4-3-6-13-15(11)19-21-18-13/h1-7,17H,8-10H2. The van der Waals surface area contributed by atoms with E-state index in [0.29, 0.717) is 19.7 Å². The average Bonchev–Trinajstić information content (AvgIpc) is 2.98. The third-order valence-electron chi connectivity index (χ3n) is 3.06. The summed E-state index contributed by atoms with van der Waals surface area (Å²) in [5, 5.41) is 10.9. The van der Waals surface area contributed by atoms with E-state index in [-0.39, 0.29) is 11.6 Å². The summed E-state index contributed by atoms with van der Waals surface area (Å²) in [5.74, 6) is -0.0851. The van der Waals surface area contributed by atoms with Gasteiger partial charge in [0.25, 0.3) is 0 Å². The summed E-state index contributed by atoms with van der Waals surface area (Å²) in [6.45, 7) is 1.59. The van der Waals surface area contributed by atoms with Gasteiger partial charge < -0.3 is 10.1 Å². The van der Waals surface area contributed by atoms with E-state index in [1.54, 1.807) is 18.2 Å². The Labute approximate surface area is 120 Å². The first-order valence-electron chi connectivity index (χ1n) is 6.63. The van der Waals surface area contributed by atoms with Gasteiger partial charge in [-0.25, -0.2) is 9.02 Å². The molecule has 2 aromatic carbocycles. The van der Waals surface area contributed by atoms with Crippen molar-refractivity contribution in [3.05, 3.63) is 53.8 Å². The van der Waals surface area contributed by atoms with E-state index in [1.807, 2.05) is 18.2 Å². The molecule has 0 bridgehead atoms. The molecule has 0 atom stereocenters. The molecule has 21 heavy (non-hydrogen) atoms. The third kappa shape index (κ3) is 3.17. The van der Waals surface area contributed by atoms with Crippen LogP contribution in [0.5, 0.6) is 5.75 Å². The summed E-state index contributed by atoms with van der Waals surface area (Å²) in [4.78, 5) is 0. The van der Waals surface area contributed by atoms with Crippen LogP contribution in [-0.2, 0) is 6.54 Å². The summed E-state index contributed by atoms with van der Waals surface area (Å²) in [6.07, 6.45) is 0. The van der Waals surface area contributed by atoms with Gasteiger partial charge in [0.15, 0.2) is 11.6 Å². The third-order valence-corrected chi connectivity index (χ3v) is 3.06. The summed E-state index contributed by atoms with van der Waals surface area (Å²) >= 11 is 0. The maximum atomic E-state index is 13.3. The smallest absolute Gasteiger partial charge is 0.165 e. The molecule has 0 aliphatic heterocycles. The molecule has 1 aromatic heterocycles. The monoisotopic (exact) mass is 287 g/mol.